The molecular formula is C7H7FN2O2. The molecule has 0 fully saturated rings. The lowest BCUT2D eigenvalue weighted by Gasteiger charge is -2.00. The number of hydrogen-bond acceptors (Lipinski definition) is 3. The molecule has 0 aliphatic heterocycles. The Hall–Kier alpha value is -1.65. The first-order valence-electron chi connectivity index (χ1n) is 3.25. The number of aliphatic carboxylic acids is 1. The quantitative estimate of drug-likeness (QED) is 0.701. The fraction of sp³-hybridized carbons (Fsp3) is 0.143. The lowest BCUT2D eigenvalue weighted by molar-refractivity contribution is -0.134. The van der Waals surface area contributed by atoms with Gasteiger partial charge in [-0.3, -0.25) is 4.79 Å². The second-order valence-electron chi connectivity index (χ2n) is 2.11. The first-order chi connectivity index (χ1) is 5.68. The molecule has 1 heterocycles. The minimum atomic E-state index is -0.985. The molecule has 0 atom stereocenters. The maximum absolute atomic E-state index is 12.3. The molecule has 0 amide bonds. The Bertz CT molecular complexity index is 273. The average molecular weight is 170 g/mol. The molecule has 0 radical (unpaired) electrons. The first kappa shape index (κ1) is 8.45. The molecule has 1 aromatic rings. The molecule has 4 nitrogen and oxygen atoms in total. The second-order valence-corrected chi connectivity index (χ2v) is 2.11. The predicted molar refractivity (Wildman–Crippen MR) is 40.3 cm³/mol. The van der Waals surface area contributed by atoms with Gasteiger partial charge in [0.2, 0.25) is 0 Å². The molecule has 64 valence electrons. The van der Waals surface area contributed by atoms with Crippen LogP contribution in [0, 0.1) is 5.82 Å². The van der Waals surface area contributed by atoms with Gasteiger partial charge in [0.1, 0.15) is 18.2 Å². The van der Waals surface area contributed by atoms with Gasteiger partial charge in [0.25, 0.3) is 0 Å². The highest BCUT2D eigenvalue weighted by molar-refractivity contribution is 5.72. The minimum absolute atomic E-state index is 0.224. The number of nitrogens with zero attached hydrogens (tertiary/aromatic N) is 1. The molecule has 0 aromatic carbocycles. The number of rotatable bonds is 3. The topological polar surface area (TPSA) is 62.2 Å². The van der Waals surface area contributed by atoms with Gasteiger partial charge in [0.15, 0.2) is 0 Å². The van der Waals surface area contributed by atoms with E-state index in [0.717, 1.165) is 6.20 Å². The summed E-state index contributed by atoms with van der Waals surface area (Å²) < 4.78 is 12.3. The van der Waals surface area contributed by atoms with Crippen LogP contribution >= 0.6 is 0 Å². The van der Waals surface area contributed by atoms with Crippen molar-refractivity contribution in [1.82, 2.24) is 4.98 Å². The minimum Gasteiger partial charge on any atom is -0.480 e. The maximum Gasteiger partial charge on any atom is 0.322 e. The van der Waals surface area contributed by atoms with Crippen LogP contribution < -0.4 is 5.32 Å². The lowest BCUT2D eigenvalue weighted by Crippen LogP contribution is -2.12. The molecule has 0 saturated carbocycles. The third-order valence-electron chi connectivity index (χ3n) is 1.15. The smallest absolute Gasteiger partial charge is 0.322 e. The summed E-state index contributed by atoms with van der Waals surface area (Å²) in [6.45, 7) is -0.224. The third-order valence-corrected chi connectivity index (χ3v) is 1.15. The highest BCUT2D eigenvalue weighted by Crippen LogP contribution is 2.02. The Morgan fingerprint density at radius 3 is 2.92 bits per heavy atom. The molecule has 0 saturated heterocycles. The largest absolute Gasteiger partial charge is 0.480 e. The van der Waals surface area contributed by atoms with Gasteiger partial charge >= 0.3 is 5.97 Å². The van der Waals surface area contributed by atoms with Gasteiger partial charge in [0.05, 0.1) is 6.20 Å². The molecule has 12 heavy (non-hydrogen) atoms. The summed E-state index contributed by atoms with van der Waals surface area (Å²) in [5.41, 5.74) is 0. The van der Waals surface area contributed by atoms with E-state index in [-0.39, 0.29) is 6.54 Å². The van der Waals surface area contributed by atoms with E-state index in [9.17, 15) is 9.18 Å². The second kappa shape index (κ2) is 3.66. The van der Waals surface area contributed by atoms with Crippen LogP contribution in [0.5, 0.6) is 0 Å². The van der Waals surface area contributed by atoms with E-state index in [2.05, 4.69) is 10.3 Å². The molecule has 0 bridgehead atoms. The number of halogens is 1. The summed E-state index contributed by atoms with van der Waals surface area (Å²) in [5.74, 6) is -1.09. The van der Waals surface area contributed by atoms with Crippen LogP contribution in [0.25, 0.3) is 0 Å². The first-order valence-corrected chi connectivity index (χ1v) is 3.25. The Labute approximate surface area is 68.1 Å². The summed E-state index contributed by atoms with van der Waals surface area (Å²) in [6.07, 6.45) is 1.02. The summed E-state index contributed by atoms with van der Waals surface area (Å²) in [4.78, 5) is 13.7. The van der Waals surface area contributed by atoms with Gasteiger partial charge in [-0.2, -0.15) is 0 Å². The van der Waals surface area contributed by atoms with Crippen molar-refractivity contribution in [1.29, 1.82) is 0 Å². The highest BCUT2D eigenvalue weighted by Gasteiger charge is 1.97. The van der Waals surface area contributed by atoms with Gasteiger partial charge in [-0.05, 0) is 12.1 Å². The Kier molecular flexibility index (Phi) is 2.57. The molecular weight excluding hydrogens is 163 g/mol. The number of hydrogen-bond donors (Lipinski definition) is 2. The van der Waals surface area contributed by atoms with Crippen LogP contribution in [-0.4, -0.2) is 22.6 Å². The monoisotopic (exact) mass is 170 g/mol. The van der Waals surface area contributed by atoms with Crippen molar-refractivity contribution in [2.45, 2.75) is 0 Å². The van der Waals surface area contributed by atoms with Crippen molar-refractivity contribution < 1.29 is 14.3 Å². The SMILES string of the molecule is O=C(O)CNc1ccc(F)cn1. The Morgan fingerprint density at radius 1 is 1.67 bits per heavy atom. The van der Waals surface area contributed by atoms with Crippen LogP contribution in [0.1, 0.15) is 0 Å². The van der Waals surface area contributed by atoms with Crippen LogP contribution in [0.2, 0.25) is 0 Å². The number of pyridine rings is 1. The van der Waals surface area contributed by atoms with Gasteiger partial charge in [-0.1, -0.05) is 0 Å². The van der Waals surface area contributed by atoms with Gasteiger partial charge in [0, 0.05) is 0 Å². The summed E-state index contributed by atoms with van der Waals surface area (Å²) in [5, 5.41) is 10.8. The normalized spacial score (nSPS) is 9.42. The molecule has 0 aliphatic rings. The molecule has 0 aliphatic carbocycles. The van der Waals surface area contributed by atoms with Crippen molar-refractivity contribution in [3.8, 4) is 0 Å². The van der Waals surface area contributed by atoms with Gasteiger partial charge < -0.3 is 10.4 Å². The van der Waals surface area contributed by atoms with E-state index in [1.165, 1.54) is 12.1 Å². The summed E-state index contributed by atoms with van der Waals surface area (Å²) in [6, 6.07) is 2.58. The fourth-order valence-electron chi connectivity index (χ4n) is 0.647. The Morgan fingerprint density at radius 2 is 2.42 bits per heavy atom. The number of carboxylic acids is 1. The Balaban J connectivity index is 2.53. The maximum atomic E-state index is 12.3. The standard InChI is InChI=1S/C7H7FN2O2/c8-5-1-2-6(9-3-5)10-4-7(11)12/h1-3H,4H2,(H,9,10)(H,11,12). The third kappa shape index (κ3) is 2.53. The molecule has 0 spiro atoms. The number of anilines is 1. The van der Waals surface area contributed by atoms with E-state index >= 15 is 0 Å². The lowest BCUT2D eigenvalue weighted by atomic mass is 10.4. The number of aromatic nitrogens is 1. The van der Waals surface area contributed by atoms with Crippen molar-refractivity contribution in [3.63, 3.8) is 0 Å². The van der Waals surface area contributed by atoms with Crippen LogP contribution in [-0.2, 0) is 4.79 Å². The number of carbonyl (C=O) groups is 1. The summed E-state index contributed by atoms with van der Waals surface area (Å²) in [7, 11) is 0. The van der Waals surface area contributed by atoms with E-state index in [1.807, 2.05) is 0 Å². The van der Waals surface area contributed by atoms with Crippen molar-refractivity contribution in [2.24, 2.45) is 0 Å². The van der Waals surface area contributed by atoms with Crippen molar-refractivity contribution in [2.75, 3.05) is 11.9 Å². The van der Waals surface area contributed by atoms with E-state index < -0.39 is 11.8 Å². The zero-order valence-corrected chi connectivity index (χ0v) is 6.12. The fourth-order valence-corrected chi connectivity index (χ4v) is 0.647. The van der Waals surface area contributed by atoms with Gasteiger partial charge in [-0.15, -0.1) is 0 Å². The average Bonchev–Trinajstić information content (AvgIpc) is 2.03. The molecule has 2 N–H and O–H groups in total. The molecule has 5 heteroatoms. The van der Waals surface area contributed by atoms with E-state index in [4.69, 9.17) is 5.11 Å². The van der Waals surface area contributed by atoms with E-state index in [0.29, 0.717) is 5.82 Å². The van der Waals surface area contributed by atoms with Crippen LogP contribution in [0.4, 0.5) is 10.2 Å². The summed E-state index contributed by atoms with van der Waals surface area (Å²) >= 11 is 0. The zero-order chi connectivity index (χ0) is 8.97. The van der Waals surface area contributed by atoms with E-state index in [1.54, 1.807) is 0 Å². The molecule has 1 rings (SSSR count). The number of nitrogens with one attached hydrogen (secondary N) is 1. The predicted octanol–water partition coefficient (Wildman–Crippen LogP) is 0.717. The van der Waals surface area contributed by atoms with Crippen molar-refractivity contribution in [3.05, 3.63) is 24.1 Å². The number of carboxylic acid groups (broad SMARTS) is 1. The van der Waals surface area contributed by atoms with Gasteiger partial charge in [-0.25, -0.2) is 9.37 Å². The molecule has 0 unspecified atom stereocenters. The molecule has 1 aromatic heterocycles. The van der Waals surface area contributed by atoms with Crippen LogP contribution in [0.15, 0.2) is 18.3 Å². The zero-order valence-electron chi connectivity index (χ0n) is 6.12. The van der Waals surface area contributed by atoms with Crippen LogP contribution in [0.3, 0.4) is 0 Å². The van der Waals surface area contributed by atoms with Crippen molar-refractivity contribution >= 4 is 11.8 Å². The highest BCUT2D eigenvalue weighted by atomic mass is 19.1.